The lowest BCUT2D eigenvalue weighted by Crippen LogP contribution is -2.30. The molecule has 3 nitrogen and oxygen atoms in total. The topological polar surface area (TPSA) is 31.1 Å². The maximum Gasteiger partial charge on any atom is 0.0150 e. The molecule has 2 N–H and O–H groups in total. The molecule has 0 aromatic carbocycles. The molecule has 1 aliphatic heterocycles. The van der Waals surface area contributed by atoms with Gasteiger partial charge in [-0.05, 0) is 51.4 Å². The predicted octanol–water partition coefficient (Wildman–Crippen LogP) is 1.47. The molecule has 2 heterocycles. The molecule has 3 heteroatoms. The van der Waals surface area contributed by atoms with E-state index in [0.29, 0.717) is 0 Å². The van der Waals surface area contributed by atoms with Crippen LogP contribution in [0.15, 0.2) is 6.07 Å². The van der Waals surface area contributed by atoms with Crippen LogP contribution in [0.1, 0.15) is 23.4 Å². The van der Waals surface area contributed by atoms with Crippen molar-refractivity contribution in [3.8, 4) is 0 Å². The number of hydrogen-bond acceptors (Lipinski definition) is 2. The second-order valence-corrected chi connectivity index (χ2v) is 4.80. The van der Waals surface area contributed by atoms with Crippen molar-refractivity contribution < 1.29 is 0 Å². The monoisotopic (exact) mass is 221 g/mol. The number of aromatic amines is 1. The SMILES string of the molecule is Cc1cc(CCN2CCCNCC2)c(C)[nH]1. The zero-order chi connectivity index (χ0) is 11.4. The number of H-pyrrole nitrogens is 1. The summed E-state index contributed by atoms with van der Waals surface area (Å²) >= 11 is 0. The Morgan fingerprint density at radius 1 is 1.25 bits per heavy atom. The van der Waals surface area contributed by atoms with Gasteiger partial charge in [-0.3, -0.25) is 0 Å². The van der Waals surface area contributed by atoms with Crippen LogP contribution in [0.2, 0.25) is 0 Å². The quantitative estimate of drug-likeness (QED) is 0.810. The van der Waals surface area contributed by atoms with E-state index in [4.69, 9.17) is 0 Å². The van der Waals surface area contributed by atoms with E-state index >= 15 is 0 Å². The number of nitrogens with one attached hydrogen (secondary N) is 2. The van der Waals surface area contributed by atoms with Crippen molar-refractivity contribution in [2.75, 3.05) is 32.7 Å². The van der Waals surface area contributed by atoms with Gasteiger partial charge in [0.2, 0.25) is 0 Å². The summed E-state index contributed by atoms with van der Waals surface area (Å²) in [4.78, 5) is 5.95. The standard InChI is InChI=1S/C13H23N3/c1-11-10-13(12(2)15-11)4-8-16-7-3-5-14-6-9-16/h10,14-15H,3-9H2,1-2H3. The highest BCUT2D eigenvalue weighted by Gasteiger charge is 2.09. The largest absolute Gasteiger partial charge is 0.362 e. The third kappa shape index (κ3) is 3.09. The van der Waals surface area contributed by atoms with E-state index in [1.54, 1.807) is 0 Å². The smallest absolute Gasteiger partial charge is 0.0150 e. The average Bonchev–Trinajstić information content (AvgIpc) is 2.48. The van der Waals surface area contributed by atoms with Crippen molar-refractivity contribution in [3.05, 3.63) is 23.0 Å². The van der Waals surface area contributed by atoms with Gasteiger partial charge in [-0.25, -0.2) is 0 Å². The molecule has 1 aromatic heterocycles. The predicted molar refractivity (Wildman–Crippen MR) is 67.9 cm³/mol. The van der Waals surface area contributed by atoms with E-state index in [1.807, 2.05) is 0 Å². The molecule has 1 aromatic rings. The van der Waals surface area contributed by atoms with Gasteiger partial charge in [0.25, 0.3) is 0 Å². The van der Waals surface area contributed by atoms with E-state index in [0.717, 1.165) is 6.54 Å². The fourth-order valence-corrected chi connectivity index (χ4v) is 2.45. The fourth-order valence-electron chi connectivity index (χ4n) is 2.45. The van der Waals surface area contributed by atoms with Crippen LogP contribution in [0.5, 0.6) is 0 Å². The third-order valence-electron chi connectivity index (χ3n) is 3.39. The molecule has 0 radical (unpaired) electrons. The fraction of sp³-hybridized carbons (Fsp3) is 0.692. The van der Waals surface area contributed by atoms with E-state index in [9.17, 15) is 0 Å². The zero-order valence-electron chi connectivity index (χ0n) is 10.5. The van der Waals surface area contributed by atoms with Crippen molar-refractivity contribution in [2.45, 2.75) is 26.7 Å². The number of rotatable bonds is 3. The first kappa shape index (κ1) is 11.7. The summed E-state index contributed by atoms with van der Waals surface area (Å²) in [7, 11) is 0. The first-order valence-electron chi connectivity index (χ1n) is 6.34. The molecule has 2 rings (SSSR count). The summed E-state index contributed by atoms with van der Waals surface area (Å²) in [5, 5.41) is 3.44. The van der Waals surface area contributed by atoms with E-state index in [2.05, 4.69) is 35.1 Å². The molecule has 0 amide bonds. The number of nitrogens with zero attached hydrogens (tertiary/aromatic N) is 1. The Labute approximate surface area is 98.2 Å². The van der Waals surface area contributed by atoms with Gasteiger partial charge < -0.3 is 15.2 Å². The van der Waals surface area contributed by atoms with Crippen LogP contribution >= 0.6 is 0 Å². The Morgan fingerprint density at radius 3 is 2.88 bits per heavy atom. The molecule has 0 atom stereocenters. The summed E-state index contributed by atoms with van der Waals surface area (Å²) in [5.74, 6) is 0. The molecule has 16 heavy (non-hydrogen) atoms. The average molecular weight is 221 g/mol. The third-order valence-corrected chi connectivity index (χ3v) is 3.39. The Morgan fingerprint density at radius 2 is 2.12 bits per heavy atom. The first-order chi connectivity index (χ1) is 7.75. The minimum Gasteiger partial charge on any atom is -0.362 e. The Kier molecular flexibility index (Phi) is 4.02. The normalized spacial score (nSPS) is 18.6. The molecule has 0 saturated carbocycles. The summed E-state index contributed by atoms with van der Waals surface area (Å²) in [6.07, 6.45) is 2.46. The van der Waals surface area contributed by atoms with Crippen molar-refractivity contribution in [2.24, 2.45) is 0 Å². The molecule has 90 valence electrons. The van der Waals surface area contributed by atoms with Gasteiger partial charge in [-0.2, -0.15) is 0 Å². The summed E-state index contributed by atoms with van der Waals surface area (Å²) in [6, 6.07) is 2.28. The maximum absolute atomic E-state index is 3.44. The minimum atomic E-state index is 1.14. The van der Waals surface area contributed by atoms with E-state index in [-0.39, 0.29) is 0 Å². The van der Waals surface area contributed by atoms with Gasteiger partial charge in [0.05, 0.1) is 0 Å². The molecule has 0 spiro atoms. The molecule has 0 unspecified atom stereocenters. The number of aromatic nitrogens is 1. The summed E-state index contributed by atoms with van der Waals surface area (Å²) < 4.78 is 0. The summed E-state index contributed by atoms with van der Waals surface area (Å²) in [6.45, 7) is 10.3. The lowest BCUT2D eigenvalue weighted by atomic mass is 10.1. The van der Waals surface area contributed by atoms with Crippen molar-refractivity contribution >= 4 is 0 Å². The van der Waals surface area contributed by atoms with E-state index < -0.39 is 0 Å². The molecule has 0 bridgehead atoms. The van der Waals surface area contributed by atoms with Crippen LogP contribution in [0.3, 0.4) is 0 Å². The molecule has 1 saturated heterocycles. The van der Waals surface area contributed by atoms with Crippen molar-refractivity contribution in [3.63, 3.8) is 0 Å². The van der Waals surface area contributed by atoms with Gasteiger partial charge >= 0.3 is 0 Å². The molecule has 0 aliphatic carbocycles. The zero-order valence-corrected chi connectivity index (χ0v) is 10.5. The molecule has 1 fully saturated rings. The lowest BCUT2D eigenvalue weighted by Gasteiger charge is -2.18. The molecular weight excluding hydrogens is 198 g/mol. The van der Waals surface area contributed by atoms with Gasteiger partial charge in [-0.1, -0.05) is 0 Å². The Hall–Kier alpha value is -0.800. The first-order valence-corrected chi connectivity index (χ1v) is 6.34. The lowest BCUT2D eigenvalue weighted by molar-refractivity contribution is 0.296. The Balaban J connectivity index is 1.84. The van der Waals surface area contributed by atoms with E-state index in [1.165, 1.54) is 56.0 Å². The number of aryl methyl sites for hydroxylation is 2. The second kappa shape index (κ2) is 5.51. The maximum atomic E-state index is 3.44. The number of hydrogen-bond donors (Lipinski definition) is 2. The van der Waals surface area contributed by atoms with Crippen LogP contribution in [-0.4, -0.2) is 42.6 Å². The van der Waals surface area contributed by atoms with Gasteiger partial charge in [0.15, 0.2) is 0 Å². The second-order valence-electron chi connectivity index (χ2n) is 4.80. The van der Waals surface area contributed by atoms with Crippen molar-refractivity contribution in [1.29, 1.82) is 0 Å². The van der Waals surface area contributed by atoms with Crippen LogP contribution in [0.4, 0.5) is 0 Å². The van der Waals surface area contributed by atoms with Crippen molar-refractivity contribution in [1.82, 2.24) is 15.2 Å². The van der Waals surface area contributed by atoms with Gasteiger partial charge in [0, 0.05) is 31.0 Å². The van der Waals surface area contributed by atoms with Gasteiger partial charge in [0.1, 0.15) is 0 Å². The molecular formula is C13H23N3. The van der Waals surface area contributed by atoms with Crippen LogP contribution in [-0.2, 0) is 6.42 Å². The van der Waals surface area contributed by atoms with Crippen LogP contribution in [0, 0.1) is 13.8 Å². The van der Waals surface area contributed by atoms with Gasteiger partial charge in [-0.15, -0.1) is 0 Å². The highest BCUT2D eigenvalue weighted by molar-refractivity contribution is 5.24. The highest BCUT2D eigenvalue weighted by atomic mass is 15.1. The van der Waals surface area contributed by atoms with Crippen LogP contribution in [0.25, 0.3) is 0 Å². The van der Waals surface area contributed by atoms with Crippen LogP contribution < -0.4 is 5.32 Å². The minimum absolute atomic E-state index is 1.14. The molecule has 1 aliphatic rings. The Bertz CT molecular complexity index is 322. The summed E-state index contributed by atoms with van der Waals surface area (Å²) in [5.41, 5.74) is 4.10. The highest BCUT2D eigenvalue weighted by Crippen LogP contribution is 2.10.